The van der Waals surface area contributed by atoms with Crippen LogP contribution in [0, 0.1) is 0 Å². The third-order valence-electron chi connectivity index (χ3n) is 1.59. The molecule has 2 radical (unpaired) electrons. The second-order valence-electron chi connectivity index (χ2n) is 2.36. The van der Waals surface area contributed by atoms with E-state index in [1.807, 2.05) is 0 Å². The molecule has 0 atom stereocenters. The number of hydrogen-bond donors (Lipinski definition) is 0. The Labute approximate surface area is 69.3 Å². The van der Waals surface area contributed by atoms with Crippen molar-refractivity contribution in [2.75, 3.05) is 0 Å². The molecule has 56 valence electrons. The van der Waals surface area contributed by atoms with Crippen molar-refractivity contribution in [1.29, 1.82) is 0 Å². The van der Waals surface area contributed by atoms with Gasteiger partial charge in [-0.05, 0) is 12.1 Å². The van der Waals surface area contributed by atoms with Gasteiger partial charge in [0.15, 0.2) is 0 Å². The number of aromatic nitrogens is 3. The van der Waals surface area contributed by atoms with Crippen LogP contribution < -0.4 is 5.56 Å². The Morgan fingerprint density at radius 3 is 2.92 bits per heavy atom. The molecule has 4 nitrogen and oxygen atoms in total. The molecule has 0 amide bonds. The van der Waals surface area contributed by atoms with E-state index in [9.17, 15) is 4.79 Å². The number of fused-ring (bicyclic) bond motifs is 1. The summed E-state index contributed by atoms with van der Waals surface area (Å²) < 4.78 is 0.725. The molecule has 0 aliphatic carbocycles. The summed E-state index contributed by atoms with van der Waals surface area (Å²) >= 11 is 0. The molecule has 0 spiro atoms. The van der Waals surface area contributed by atoms with E-state index in [4.69, 9.17) is 7.98 Å². The molecule has 0 N–H and O–H groups in total. The van der Waals surface area contributed by atoms with E-state index in [-0.39, 0.29) is 5.56 Å². The van der Waals surface area contributed by atoms with Crippen LogP contribution in [0.4, 0.5) is 0 Å². The molecule has 12 heavy (non-hydrogen) atoms. The topological polar surface area (TPSA) is 47.8 Å². The maximum absolute atomic E-state index is 11.3. The molecule has 0 unspecified atom stereocenters. The summed E-state index contributed by atoms with van der Waals surface area (Å²) in [5.74, 6) is 0. The highest BCUT2D eigenvalue weighted by molar-refractivity contribution is 6.06. The minimum absolute atomic E-state index is 0.333. The molecule has 1 heterocycles. The van der Waals surface area contributed by atoms with Crippen molar-refractivity contribution < 1.29 is 0 Å². The van der Waals surface area contributed by atoms with Crippen LogP contribution in [0.3, 0.4) is 0 Å². The zero-order chi connectivity index (χ0) is 8.55. The fourth-order valence-corrected chi connectivity index (χ4v) is 1.00. The molecule has 2 aromatic rings. The van der Waals surface area contributed by atoms with Gasteiger partial charge in [-0.3, -0.25) is 9.39 Å². The summed E-state index contributed by atoms with van der Waals surface area (Å²) in [6.45, 7) is 0. The van der Waals surface area contributed by atoms with Crippen LogP contribution in [-0.2, 0) is 0 Å². The molecule has 1 aromatic heterocycles. The lowest BCUT2D eigenvalue weighted by atomic mass is 10.2. The fourth-order valence-electron chi connectivity index (χ4n) is 1.00. The molecule has 0 fully saturated rings. The predicted octanol–water partition coefficient (Wildman–Crippen LogP) is -0.277. The van der Waals surface area contributed by atoms with Crippen LogP contribution in [0.2, 0.25) is 0 Å². The molecule has 0 saturated carbocycles. The molecular formula is C7H4BN3O. The van der Waals surface area contributed by atoms with E-state index >= 15 is 0 Å². The van der Waals surface area contributed by atoms with Crippen LogP contribution in [0.5, 0.6) is 0 Å². The number of benzene rings is 1. The van der Waals surface area contributed by atoms with Crippen molar-refractivity contribution in [3.63, 3.8) is 0 Å². The summed E-state index contributed by atoms with van der Waals surface area (Å²) in [5.41, 5.74) is 0.227. The van der Waals surface area contributed by atoms with Crippen molar-refractivity contribution in [3.8, 4) is 0 Å². The van der Waals surface area contributed by atoms with Crippen molar-refractivity contribution in [2.45, 2.75) is 0 Å². The van der Waals surface area contributed by atoms with E-state index in [1.54, 1.807) is 24.3 Å². The van der Waals surface area contributed by atoms with Gasteiger partial charge in [-0.15, -0.1) is 5.10 Å². The Bertz CT molecular complexity index is 479. The molecule has 0 aliphatic heterocycles. The average molecular weight is 157 g/mol. The third-order valence-corrected chi connectivity index (χ3v) is 1.59. The summed E-state index contributed by atoms with van der Waals surface area (Å²) in [5, 5.41) is 7.65. The van der Waals surface area contributed by atoms with Crippen molar-refractivity contribution in [2.24, 2.45) is 0 Å². The minimum atomic E-state index is -0.333. The SMILES string of the molecule is [B]n1nnc2ccccc2c1=O. The first kappa shape index (κ1) is 7.03. The van der Waals surface area contributed by atoms with Gasteiger partial charge in [-0.25, -0.2) is 0 Å². The molecule has 0 saturated heterocycles. The first-order valence-electron chi connectivity index (χ1n) is 3.39. The van der Waals surface area contributed by atoms with Crippen molar-refractivity contribution >= 4 is 18.9 Å². The normalized spacial score (nSPS) is 10.3. The van der Waals surface area contributed by atoms with Gasteiger partial charge < -0.3 is 0 Å². The van der Waals surface area contributed by atoms with Crippen LogP contribution in [0.15, 0.2) is 29.1 Å². The van der Waals surface area contributed by atoms with Gasteiger partial charge in [0, 0.05) is 0 Å². The Kier molecular flexibility index (Phi) is 1.43. The standard InChI is InChI=1S/C7H4BN3O/c8-11-7(12)5-3-1-2-4-6(5)9-10-11/h1-4H. The molecule has 5 heteroatoms. The molecule has 2 rings (SSSR count). The molecular weight excluding hydrogens is 153 g/mol. The number of nitrogens with zero attached hydrogens (tertiary/aromatic N) is 3. The second-order valence-corrected chi connectivity index (χ2v) is 2.36. The lowest BCUT2D eigenvalue weighted by Crippen LogP contribution is -2.22. The first-order valence-corrected chi connectivity index (χ1v) is 3.39. The lowest BCUT2D eigenvalue weighted by Gasteiger charge is -1.96. The molecule has 0 aliphatic rings. The second kappa shape index (κ2) is 2.44. The Hall–Kier alpha value is -1.65. The van der Waals surface area contributed by atoms with E-state index < -0.39 is 0 Å². The Morgan fingerprint density at radius 1 is 1.33 bits per heavy atom. The van der Waals surface area contributed by atoms with Gasteiger partial charge in [-0.1, -0.05) is 17.3 Å². The Balaban J connectivity index is 3.01. The highest BCUT2D eigenvalue weighted by Gasteiger charge is 1.99. The fraction of sp³-hybridized carbons (Fsp3) is 0. The zero-order valence-electron chi connectivity index (χ0n) is 6.14. The maximum atomic E-state index is 11.3. The van der Waals surface area contributed by atoms with Gasteiger partial charge in [0.05, 0.1) is 5.39 Å². The van der Waals surface area contributed by atoms with E-state index in [2.05, 4.69) is 10.3 Å². The smallest absolute Gasteiger partial charge is 0.271 e. The highest BCUT2D eigenvalue weighted by Crippen LogP contribution is 2.02. The largest absolute Gasteiger partial charge is 0.273 e. The summed E-state index contributed by atoms with van der Waals surface area (Å²) in [4.78, 5) is 11.3. The minimum Gasteiger partial charge on any atom is -0.273 e. The predicted molar refractivity (Wildman–Crippen MR) is 45.0 cm³/mol. The third kappa shape index (κ3) is 0.904. The van der Waals surface area contributed by atoms with Gasteiger partial charge in [0.1, 0.15) is 5.52 Å². The summed E-state index contributed by atoms with van der Waals surface area (Å²) in [6, 6.07) is 6.92. The van der Waals surface area contributed by atoms with E-state index in [0.29, 0.717) is 10.9 Å². The van der Waals surface area contributed by atoms with Gasteiger partial charge in [-0.2, -0.15) is 0 Å². The number of rotatable bonds is 0. The quantitative estimate of drug-likeness (QED) is 0.494. The van der Waals surface area contributed by atoms with E-state index in [1.165, 1.54) is 0 Å². The summed E-state index contributed by atoms with van der Waals surface area (Å²) in [6.07, 6.45) is 0. The monoisotopic (exact) mass is 157 g/mol. The van der Waals surface area contributed by atoms with E-state index in [0.717, 1.165) is 4.59 Å². The maximum Gasteiger partial charge on any atom is 0.271 e. The van der Waals surface area contributed by atoms with Crippen molar-refractivity contribution in [1.82, 2.24) is 14.9 Å². The first-order chi connectivity index (χ1) is 5.79. The lowest BCUT2D eigenvalue weighted by molar-refractivity contribution is 0.808. The Morgan fingerprint density at radius 2 is 2.08 bits per heavy atom. The van der Waals surface area contributed by atoms with Crippen LogP contribution in [0.25, 0.3) is 10.9 Å². The van der Waals surface area contributed by atoms with Crippen LogP contribution in [0.1, 0.15) is 0 Å². The zero-order valence-corrected chi connectivity index (χ0v) is 6.14. The van der Waals surface area contributed by atoms with Crippen LogP contribution >= 0.6 is 0 Å². The molecule has 1 aromatic carbocycles. The molecule has 0 bridgehead atoms. The summed E-state index contributed by atoms with van der Waals surface area (Å²) in [7, 11) is 5.22. The van der Waals surface area contributed by atoms with Crippen molar-refractivity contribution in [3.05, 3.63) is 34.6 Å². The van der Waals surface area contributed by atoms with Gasteiger partial charge in [0.25, 0.3) is 13.5 Å². The van der Waals surface area contributed by atoms with Crippen LogP contribution in [-0.4, -0.2) is 22.9 Å². The highest BCUT2D eigenvalue weighted by atomic mass is 16.1. The van der Waals surface area contributed by atoms with Gasteiger partial charge >= 0.3 is 0 Å². The van der Waals surface area contributed by atoms with Gasteiger partial charge in [0.2, 0.25) is 0 Å². The number of hydrogen-bond acceptors (Lipinski definition) is 3. The average Bonchev–Trinajstić information content (AvgIpc) is 2.12.